The van der Waals surface area contributed by atoms with Crippen LogP contribution in [0, 0.1) is 0 Å². The monoisotopic (exact) mass is 362 g/mol. The van der Waals surface area contributed by atoms with Crippen molar-refractivity contribution in [2.75, 3.05) is 6.61 Å². The normalized spacial score (nSPS) is 11.5. The van der Waals surface area contributed by atoms with Gasteiger partial charge in [-0.15, -0.1) is 0 Å². The second kappa shape index (κ2) is 9.11. The largest absolute Gasteiger partial charge is 0.482 e. The molecule has 0 aliphatic carbocycles. The number of carbonyl (C=O) groups excluding carboxylic acids is 1. The third-order valence-electron chi connectivity index (χ3n) is 2.90. The lowest BCUT2D eigenvalue weighted by atomic mass is 10.1. The first-order valence-electron chi connectivity index (χ1n) is 7.17. The molecule has 0 saturated carbocycles. The van der Waals surface area contributed by atoms with Crippen LogP contribution in [0.25, 0.3) is 6.08 Å². The Labute approximate surface area is 150 Å². The first kappa shape index (κ1) is 18.0. The Morgan fingerprint density at radius 3 is 2.67 bits per heavy atom. The standard InChI is InChI=1S/C18H16Cl2N2O2/c1-13(9-14-5-3-2-4-6-14)11-21-22-18(23)12-24-17-8-7-15(19)10-16(17)20/h2-11H,12H2,1H3,(H,22,23)/b13-9+,21-11+. The van der Waals surface area contributed by atoms with Crippen LogP contribution < -0.4 is 10.2 Å². The Morgan fingerprint density at radius 2 is 1.96 bits per heavy atom. The van der Waals surface area contributed by atoms with Crippen LogP contribution in [-0.2, 0) is 4.79 Å². The predicted octanol–water partition coefficient (Wildman–Crippen LogP) is 4.58. The molecule has 1 N–H and O–H groups in total. The number of halogens is 2. The number of hydrogen-bond donors (Lipinski definition) is 1. The van der Waals surface area contributed by atoms with Crippen molar-refractivity contribution in [3.63, 3.8) is 0 Å². The van der Waals surface area contributed by atoms with Gasteiger partial charge in [-0.25, -0.2) is 5.43 Å². The molecule has 0 unspecified atom stereocenters. The molecular formula is C18H16Cl2N2O2. The van der Waals surface area contributed by atoms with Gasteiger partial charge in [-0.3, -0.25) is 4.79 Å². The maximum absolute atomic E-state index is 11.7. The van der Waals surface area contributed by atoms with Gasteiger partial charge < -0.3 is 4.74 Å². The van der Waals surface area contributed by atoms with Crippen LogP contribution in [0.3, 0.4) is 0 Å². The van der Waals surface area contributed by atoms with Crippen molar-refractivity contribution in [3.05, 3.63) is 69.7 Å². The molecule has 2 rings (SSSR count). The SMILES string of the molecule is CC(/C=N/NC(=O)COc1ccc(Cl)cc1Cl)=C\c1ccccc1. The molecule has 6 heteroatoms. The minimum absolute atomic E-state index is 0.194. The topological polar surface area (TPSA) is 50.7 Å². The van der Waals surface area contributed by atoms with Crippen molar-refractivity contribution in [2.24, 2.45) is 5.10 Å². The molecule has 124 valence electrons. The fraction of sp³-hybridized carbons (Fsp3) is 0.111. The summed E-state index contributed by atoms with van der Waals surface area (Å²) in [6, 6.07) is 14.6. The zero-order valence-electron chi connectivity index (χ0n) is 13.0. The summed E-state index contributed by atoms with van der Waals surface area (Å²) in [6.45, 7) is 1.70. The van der Waals surface area contributed by atoms with Crippen LogP contribution in [0.2, 0.25) is 10.0 Å². The number of ether oxygens (including phenoxy) is 1. The number of amides is 1. The first-order valence-corrected chi connectivity index (χ1v) is 7.93. The van der Waals surface area contributed by atoms with Gasteiger partial charge in [0, 0.05) is 5.02 Å². The fourth-order valence-electron chi connectivity index (χ4n) is 1.82. The van der Waals surface area contributed by atoms with Crippen LogP contribution in [0.4, 0.5) is 0 Å². The van der Waals surface area contributed by atoms with Gasteiger partial charge in [0.15, 0.2) is 6.61 Å². The number of benzene rings is 2. The third-order valence-corrected chi connectivity index (χ3v) is 3.43. The zero-order chi connectivity index (χ0) is 17.4. The average Bonchev–Trinajstić information content (AvgIpc) is 2.55. The lowest BCUT2D eigenvalue weighted by Gasteiger charge is -2.06. The molecule has 1 amide bonds. The molecule has 0 spiro atoms. The highest BCUT2D eigenvalue weighted by Crippen LogP contribution is 2.27. The van der Waals surface area contributed by atoms with E-state index in [1.807, 2.05) is 43.3 Å². The second-order valence-corrected chi connectivity index (χ2v) is 5.80. The van der Waals surface area contributed by atoms with Crippen molar-refractivity contribution in [2.45, 2.75) is 6.92 Å². The Morgan fingerprint density at radius 1 is 1.21 bits per heavy atom. The molecule has 0 saturated heterocycles. The number of allylic oxidation sites excluding steroid dienone is 1. The van der Waals surface area contributed by atoms with Crippen LogP contribution in [0.5, 0.6) is 5.75 Å². The van der Waals surface area contributed by atoms with Crippen molar-refractivity contribution < 1.29 is 9.53 Å². The maximum atomic E-state index is 11.7. The Kier molecular flexibility index (Phi) is 6.85. The van der Waals surface area contributed by atoms with Crippen molar-refractivity contribution >= 4 is 41.4 Å². The maximum Gasteiger partial charge on any atom is 0.277 e. The van der Waals surface area contributed by atoms with Gasteiger partial charge in [-0.2, -0.15) is 5.10 Å². The van der Waals surface area contributed by atoms with Crippen LogP contribution in [0.1, 0.15) is 12.5 Å². The summed E-state index contributed by atoms with van der Waals surface area (Å²) in [7, 11) is 0. The molecule has 4 nitrogen and oxygen atoms in total. The van der Waals surface area contributed by atoms with Gasteiger partial charge in [0.05, 0.1) is 11.2 Å². The van der Waals surface area contributed by atoms with Crippen LogP contribution in [0.15, 0.2) is 59.2 Å². The molecular weight excluding hydrogens is 347 g/mol. The number of nitrogens with zero attached hydrogens (tertiary/aromatic N) is 1. The van der Waals surface area contributed by atoms with E-state index in [0.717, 1.165) is 11.1 Å². The van der Waals surface area contributed by atoms with Gasteiger partial charge >= 0.3 is 0 Å². The van der Waals surface area contributed by atoms with E-state index in [4.69, 9.17) is 27.9 Å². The molecule has 2 aromatic carbocycles. The minimum Gasteiger partial charge on any atom is -0.482 e. The molecule has 2 aromatic rings. The van der Waals surface area contributed by atoms with E-state index in [0.29, 0.717) is 15.8 Å². The van der Waals surface area contributed by atoms with Gasteiger partial charge in [-0.05, 0) is 36.3 Å². The molecule has 0 aromatic heterocycles. The smallest absolute Gasteiger partial charge is 0.277 e. The van der Waals surface area contributed by atoms with E-state index in [1.54, 1.807) is 24.4 Å². The first-order chi connectivity index (χ1) is 11.5. The lowest BCUT2D eigenvalue weighted by molar-refractivity contribution is -0.123. The summed E-state index contributed by atoms with van der Waals surface area (Å²) in [5.74, 6) is 0.00475. The number of hydrogen-bond acceptors (Lipinski definition) is 3. The van der Waals surface area contributed by atoms with Crippen molar-refractivity contribution in [1.82, 2.24) is 5.43 Å². The number of hydrazone groups is 1. The lowest BCUT2D eigenvalue weighted by Crippen LogP contribution is -2.24. The van der Waals surface area contributed by atoms with E-state index in [9.17, 15) is 4.79 Å². The summed E-state index contributed by atoms with van der Waals surface area (Å²) in [4.78, 5) is 11.7. The number of carbonyl (C=O) groups is 1. The summed E-state index contributed by atoms with van der Waals surface area (Å²) in [5, 5.41) is 4.74. The van der Waals surface area contributed by atoms with E-state index in [1.165, 1.54) is 0 Å². The second-order valence-electron chi connectivity index (χ2n) is 4.96. The van der Waals surface area contributed by atoms with Gasteiger partial charge in [0.2, 0.25) is 0 Å². The molecule has 0 atom stereocenters. The molecule has 0 heterocycles. The van der Waals surface area contributed by atoms with E-state index >= 15 is 0 Å². The van der Waals surface area contributed by atoms with E-state index in [2.05, 4.69) is 10.5 Å². The minimum atomic E-state index is -0.384. The number of rotatable bonds is 6. The molecule has 0 aliphatic rings. The van der Waals surface area contributed by atoms with E-state index < -0.39 is 0 Å². The highest BCUT2D eigenvalue weighted by atomic mass is 35.5. The molecule has 24 heavy (non-hydrogen) atoms. The summed E-state index contributed by atoms with van der Waals surface area (Å²) in [6.07, 6.45) is 3.53. The fourth-order valence-corrected chi connectivity index (χ4v) is 2.29. The third kappa shape index (κ3) is 6.07. The Bertz CT molecular complexity index is 759. The molecule has 0 radical (unpaired) electrons. The highest BCUT2D eigenvalue weighted by Gasteiger charge is 2.05. The summed E-state index contributed by atoms with van der Waals surface area (Å²) in [5.41, 5.74) is 4.37. The summed E-state index contributed by atoms with van der Waals surface area (Å²) < 4.78 is 5.32. The molecule has 0 fully saturated rings. The molecule has 0 aliphatic heterocycles. The van der Waals surface area contributed by atoms with Gasteiger partial charge in [0.25, 0.3) is 5.91 Å². The molecule has 0 bridgehead atoms. The zero-order valence-corrected chi connectivity index (χ0v) is 14.5. The van der Waals surface area contributed by atoms with Crippen LogP contribution >= 0.6 is 23.2 Å². The van der Waals surface area contributed by atoms with Crippen molar-refractivity contribution in [1.29, 1.82) is 0 Å². The van der Waals surface area contributed by atoms with Gasteiger partial charge in [-0.1, -0.05) is 59.6 Å². The summed E-state index contributed by atoms with van der Waals surface area (Å²) >= 11 is 11.7. The highest BCUT2D eigenvalue weighted by molar-refractivity contribution is 6.35. The Hall–Kier alpha value is -2.30. The predicted molar refractivity (Wildman–Crippen MR) is 98.7 cm³/mol. The Balaban J connectivity index is 1.81. The number of nitrogens with one attached hydrogen (secondary N) is 1. The van der Waals surface area contributed by atoms with Gasteiger partial charge in [0.1, 0.15) is 5.75 Å². The van der Waals surface area contributed by atoms with Crippen molar-refractivity contribution in [3.8, 4) is 5.75 Å². The quantitative estimate of drug-likeness (QED) is 0.603. The average molecular weight is 363 g/mol. The van der Waals surface area contributed by atoms with Crippen LogP contribution in [-0.4, -0.2) is 18.7 Å². The van der Waals surface area contributed by atoms with E-state index in [-0.39, 0.29) is 12.5 Å².